The molecule has 0 N–H and O–H groups in total. The third-order valence-corrected chi connectivity index (χ3v) is 6.45. The molecule has 0 spiro atoms. The second-order valence-electron chi connectivity index (χ2n) is 5.92. The average molecular weight is 407 g/mol. The van der Waals surface area contributed by atoms with Crippen LogP contribution in [0.15, 0.2) is 47.4 Å². The highest BCUT2D eigenvalue weighted by Gasteiger charge is 2.29. The molecule has 0 bridgehead atoms. The molecule has 0 aromatic heterocycles. The highest BCUT2D eigenvalue weighted by Crippen LogP contribution is 2.27. The molecule has 0 unspecified atom stereocenters. The highest BCUT2D eigenvalue weighted by molar-refractivity contribution is 7.89. The van der Waals surface area contributed by atoms with E-state index in [-0.39, 0.29) is 29.2 Å². The molecule has 0 atom stereocenters. The summed E-state index contributed by atoms with van der Waals surface area (Å²) in [5, 5.41) is 20.5. The number of anilines is 1. The molecule has 10 heteroatoms. The third kappa shape index (κ3) is 3.88. The first-order valence-corrected chi connectivity index (χ1v) is 9.84. The fraction of sp³-hybridized carbons (Fsp3) is 0.235. The zero-order valence-corrected chi connectivity index (χ0v) is 15.7. The van der Waals surface area contributed by atoms with Gasteiger partial charge in [0.15, 0.2) is 0 Å². The van der Waals surface area contributed by atoms with Crippen molar-refractivity contribution >= 4 is 33.0 Å². The lowest BCUT2D eigenvalue weighted by Crippen LogP contribution is -2.48. The zero-order valence-electron chi connectivity index (χ0n) is 14.1. The molecule has 1 aliphatic rings. The minimum atomic E-state index is -3.66. The number of non-ortho nitro benzene ring substituents is 1. The van der Waals surface area contributed by atoms with Gasteiger partial charge in [0.05, 0.1) is 21.1 Å². The van der Waals surface area contributed by atoms with Crippen LogP contribution in [0.1, 0.15) is 5.56 Å². The predicted molar refractivity (Wildman–Crippen MR) is 100 cm³/mol. The summed E-state index contributed by atoms with van der Waals surface area (Å²) >= 11 is 5.89. The van der Waals surface area contributed by atoms with E-state index in [2.05, 4.69) is 0 Å². The van der Waals surface area contributed by atoms with Crippen LogP contribution in [0.2, 0.25) is 5.02 Å². The summed E-state index contributed by atoms with van der Waals surface area (Å²) in [6, 6.07) is 12.2. The van der Waals surface area contributed by atoms with E-state index in [1.165, 1.54) is 34.6 Å². The molecule has 8 nitrogen and oxygen atoms in total. The molecule has 27 heavy (non-hydrogen) atoms. The topological polar surface area (TPSA) is 108 Å². The Kier molecular flexibility index (Phi) is 5.32. The maximum absolute atomic E-state index is 12.7. The van der Waals surface area contributed by atoms with Crippen molar-refractivity contribution in [3.05, 3.63) is 63.2 Å². The predicted octanol–water partition coefficient (Wildman–Crippen LogP) is 2.63. The largest absolute Gasteiger partial charge is 0.368 e. The van der Waals surface area contributed by atoms with Gasteiger partial charge >= 0.3 is 0 Å². The molecule has 1 fully saturated rings. The van der Waals surface area contributed by atoms with Crippen LogP contribution in [0.5, 0.6) is 0 Å². The lowest BCUT2D eigenvalue weighted by atomic mass is 10.1. The van der Waals surface area contributed by atoms with Crippen molar-refractivity contribution in [3.8, 4) is 6.07 Å². The van der Waals surface area contributed by atoms with Gasteiger partial charge in [0.25, 0.3) is 5.69 Å². The Morgan fingerprint density at radius 3 is 2.41 bits per heavy atom. The number of nitrogens with zero attached hydrogens (tertiary/aromatic N) is 4. The monoisotopic (exact) mass is 406 g/mol. The molecule has 0 aliphatic carbocycles. The van der Waals surface area contributed by atoms with Gasteiger partial charge in [-0.05, 0) is 24.3 Å². The van der Waals surface area contributed by atoms with E-state index in [9.17, 15) is 23.8 Å². The molecule has 0 amide bonds. The molecule has 3 rings (SSSR count). The van der Waals surface area contributed by atoms with Gasteiger partial charge in [0.2, 0.25) is 10.0 Å². The second-order valence-corrected chi connectivity index (χ2v) is 8.29. The van der Waals surface area contributed by atoms with Gasteiger partial charge in [-0.1, -0.05) is 17.7 Å². The van der Waals surface area contributed by atoms with Crippen molar-refractivity contribution in [2.24, 2.45) is 0 Å². The fourth-order valence-electron chi connectivity index (χ4n) is 2.95. The van der Waals surface area contributed by atoms with Crippen LogP contribution in [0.25, 0.3) is 0 Å². The number of halogens is 1. The number of nitro benzene ring substituents is 1. The van der Waals surface area contributed by atoms with Crippen LogP contribution in [-0.4, -0.2) is 43.8 Å². The Labute approximate surface area is 161 Å². The van der Waals surface area contributed by atoms with Gasteiger partial charge in [-0.2, -0.15) is 9.57 Å². The molecule has 2 aromatic rings. The van der Waals surface area contributed by atoms with E-state index in [0.717, 1.165) is 0 Å². The van der Waals surface area contributed by atoms with E-state index >= 15 is 0 Å². The standard InChI is InChI=1S/C17H15ClN4O4S/c18-14-2-1-3-16(11-14)27(25,26)21-8-6-20(7-9-21)17-5-4-15(22(23)24)10-13(17)12-19/h1-5,10-11H,6-9H2. The van der Waals surface area contributed by atoms with E-state index < -0.39 is 14.9 Å². The number of benzene rings is 2. The van der Waals surface area contributed by atoms with E-state index in [4.69, 9.17) is 11.6 Å². The molecule has 1 saturated heterocycles. The Hall–Kier alpha value is -2.67. The van der Waals surface area contributed by atoms with Crippen LogP contribution >= 0.6 is 11.6 Å². The molecular weight excluding hydrogens is 392 g/mol. The van der Waals surface area contributed by atoms with E-state index in [1.807, 2.05) is 11.0 Å². The molecule has 1 heterocycles. The number of hydrogen-bond donors (Lipinski definition) is 0. The minimum Gasteiger partial charge on any atom is -0.368 e. The molecular formula is C17H15ClN4O4S. The number of rotatable bonds is 4. The molecule has 0 radical (unpaired) electrons. The first kappa shape index (κ1) is 19.1. The lowest BCUT2D eigenvalue weighted by molar-refractivity contribution is -0.384. The molecule has 2 aromatic carbocycles. The van der Waals surface area contributed by atoms with Crippen molar-refractivity contribution in [2.45, 2.75) is 4.90 Å². The van der Waals surface area contributed by atoms with E-state index in [0.29, 0.717) is 23.8 Å². The van der Waals surface area contributed by atoms with Gasteiger partial charge < -0.3 is 4.90 Å². The fourth-order valence-corrected chi connectivity index (χ4v) is 4.67. The van der Waals surface area contributed by atoms with Gasteiger partial charge in [0, 0.05) is 43.3 Å². The van der Waals surface area contributed by atoms with Crippen LogP contribution in [0.4, 0.5) is 11.4 Å². The first-order chi connectivity index (χ1) is 12.8. The average Bonchev–Trinajstić information content (AvgIpc) is 2.67. The van der Waals surface area contributed by atoms with Gasteiger partial charge in [-0.15, -0.1) is 0 Å². The third-order valence-electron chi connectivity index (χ3n) is 4.32. The van der Waals surface area contributed by atoms with Crippen LogP contribution in [-0.2, 0) is 10.0 Å². The highest BCUT2D eigenvalue weighted by atomic mass is 35.5. The SMILES string of the molecule is N#Cc1cc([N+](=O)[O-])ccc1N1CCN(S(=O)(=O)c2cccc(Cl)c2)CC1. The quantitative estimate of drug-likeness (QED) is 0.570. The molecule has 1 aliphatic heterocycles. The van der Waals surface area contributed by atoms with Crippen molar-refractivity contribution < 1.29 is 13.3 Å². The number of hydrogen-bond acceptors (Lipinski definition) is 6. The van der Waals surface area contributed by atoms with Gasteiger partial charge in [-0.25, -0.2) is 8.42 Å². The summed E-state index contributed by atoms with van der Waals surface area (Å²) in [6.07, 6.45) is 0. The smallest absolute Gasteiger partial charge is 0.270 e. The van der Waals surface area contributed by atoms with Crippen molar-refractivity contribution in [1.82, 2.24) is 4.31 Å². The van der Waals surface area contributed by atoms with Gasteiger partial charge in [-0.3, -0.25) is 10.1 Å². The Morgan fingerprint density at radius 1 is 1.11 bits per heavy atom. The van der Waals surface area contributed by atoms with Crippen molar-refractivity contribution in [3.63, 3.8) is 0 Å². The summed E-state index contributed by atoms with van der Waals surface area (Å²) in [4.78, 5) is 12.3. The Bertz CT molecular complexity index is 1030. The summed E-state index contributed by atoms with van der Waals surface area (Å²) in [7, 11) is -3.66. The van der Waals surface area contributed by atoms with Crippen LogP contribution in [0.3, 0.4) is 0 Å². The maximum atomic E-state index is 12.7. The summed E-state index contributed by atoms with van der Waals surface area (Å²) in [6.45, 7) is 1.20. The maximum Gasteiger partial charge on any atom is 0.270 e. The number of nitro groups is 1. The van der Waals surface area contributed by atoms with Gasteiger partial charge in [0.1, 0.15) is 6.07 Å². The van der Waals surface area contributed by atoms with Crippen LogP contribution < -0.4 is 4.90 Å². The lowest BCUT2D eigenvalue weighted by Gasteiger charge is -2.35. The first-order valence-electron chi connectivity index (χ1n) is 8.02. The molecule has 140 valence electrons. The normalized spacial score (nSPS) is 15.3. The minimum absolute atomic E-state index is 0.136. The zero-order chi connectivity index (χ0) is 19.6. The summed E-state index contributed by atoms with van der Waals surface area (Å²) in [5.74, 6) is 0. The van der Waals surface area contributed by atoms with E-state index in [1.54, 1.807) is 12.1 Å². The Morgan fingerprint density at radius 2 is 1.81 bits per heavy atom. The van der Waals surface area contributed by atoms with Crippen LogP contribution in [0, 0.1) is 21.4 Å². The summed E-state index contributed by atoms with van der Waals surface area (Å²) < 4.78 is 26.9. The number of piperazine rings is 1. The number of nitriles is 1. The number of sulfonamides is 1. The van der Waals surface area contributed by atoms with Crippen molar-refractivity contribution in [1.29, 1.82) is 5.26 Å². The second kappa shape index (κ2) is 7.52. The van der Waals surface area contributed by atoms with Crippen molar-refractivity contribution in [2.75, 3.05) is 31.1 Å². The summed E-state index contributed by atoms with van der Waals surface area (Å²) in [5.41, 5.74) is 0.593. The molecule has 0 saturated carbocycles. The Balaban J connectivity index is 1.78.